The Balaban J connectivity index is 1.48. The van der Waals surface area contributed by atoms with Crippen molar-refractivity contribution in [3.05, 3.63) is 48.9 Å². The van der Waals surface area contributed by atoms with Crippen LogP contribution >= 0.6 is 0 Å². The van der Waals surface area contributed by atoms with Crippen LogP contribution in [0.2, 0.25) is 0 Å². The number of amides is 1. The third-order valence-electron chi connectivity index (χ3n) is 4.62. The largest absolute Gasteiger partial charge is 0.326 e. The highest BCUT2D eigenvalue weighted by atomic mass is 16.1. The molecule has 0 saturated carbocycles. The highest BCUT2D eigenvalue weighted by Gasteiger charge is 2.28. The second-order valence-corrected chi connectivity index (χ2v) is 6.23. The summed E-state index contributed by atoms with van der Waals surface area (Å²) in [4.78, 5) is 21.0. The van der Waals surface area contributed by atoms with E-state index in [1.165, 1.54) is 0 Å². The smallest absolute Gasteiger partial charge is 0.234 e. The zero-order chi connectivity index (χ0) is 16.5. The van der Waals surface area contributed by atoms with Gasteiger partial charge < -0.3 is 10.6 Å². The quantitative estimate of drug-likeness (QED) is 0.773. The van der Waals surface area contributed by atoms with Gasteiger partial charge in [0.05, 0.1) is 5.69 Å². The van der Waals surface area contributed by atoms with Crippen LogP contribution in [-0.2, 0) is 4.79 Å². The van der Waals surface area contributed by atoms with Gasteiger partial charge in [0.2, 0.25) is 11.7 Å². The van der Waals surface area contributed by atoms with E-state index in [9.17, 15) is 4.79 Å². The molecule has 2 N–H and O–H groups in total. The number of fused-ring (bicyclic) bond motifs is 1. The Kier molecular flexibility index (Phi) is 3.74. The van der Waals surface area contributed by atoms with Gasteiger partial charge in [-0.1, -0.05) is 19.1 Å². The van der Waals surface area contributed by atoms with Gasteiger partial charge in [-0.05, 0) is 37.2 Å². The van der Waals surface area contributed by atoms with Crippen LogP contribution in [0, 0.1) is 11.8 Å². The van der Waals surface area contributed by atoms with Crippen molar-refractivity contribution < 1.29 is 4.79 Å². The fourth-order valence-electron chi connectivity index (χ4n) is 2.83. The van der Waals surface area contributed by atoms with Crippen LogP contribution in [0.1, 0.15) is 6.92 Å². The van der Waals surface area contributed by atoms with Gasteiger partial charge in [0, 0.05) is 35.8 Å². The van der Waals surface area contributed by atoms with Gasteiger partial charge in [-0.15, -0.1) is 0 Å². The molecule has 0 bridgehead atoms. The van der Waals surface area contributed by atoms with E-state index < -0.39 is 0 Å². The summed E-state index contributed by atoms with van der Waals surface area (Å²) in [5.74, 6) is 1.21. The first kappa shape index (κ1) is 14.8. The molecule has 1 aromatic carbocycles. The molecular weight excluding hydrogens is 302 g/mol. The summed E-state index contributed by atoms with van der Waals surface area (Å²) in [6, 6.07) is 9.63. The molecule has 3 aromatic rings. The van der Waals surface area contributed by atoms with Gasteiger partial charge >= 0.3 is 0 Å². The van der Waals surface area contributed by atoms with Crippen molar-refractivity contribution in [3.8, 4) is 11.3 Å². The summed E-state index contributed by atoms with van der Waals surface area (Å²) in [5.41, 5.74) is 2.67. The van der Waals surface area contributed by atoms with Crippen molar-refractivity contribution in [2.45, 2.75) is 6.92 Å². The lowest BCUT2D eigenvalue weighted by Gasteiger charge is -2.31. The molecule has 1 aliphatic heterocycles. The maximum absolute atomic E-state index is 12.3. The number of nitrogens with zero attached hydrogens (tertiary/aromatic N) is 3. The van der Waals surface area contributed by atoms with Crippen LogP contribution in [0.5, 0.6) is 0 Å². The van der Waals surface area contributed by atoms with E-state index in [0.717, 1.165) is 30.0 Å². The van der Waals surface area contributed by atoms with Gasteiger partial charge in [-0.25, -0.2) is 9.97 Å². The predicted molar refractivity (Wildman–Crippen MR) is 92.6 cm³/mol. The molecule has 0 aliphatic carbocycles. The van der Waals surface area contributed by atoms with Crippen molar-refractivity contribution in [3.63, 3.8) is 0 Å². The third-order valence-corrected chi connectivity index (χ3v) is 4.62. The second kappa shape index (κ2) is 6.05. The highest BCUT2D eigenvalue weighted by molar-refractivity contribution is 5.92. The molecular formula is C18H19N5O. The fourth-order valence-corrected chi connectivity index (χ4v) is 2.83. The average molecular weight is 321 g/mol. The van der Waals surface area contributed by atoms with Gasteiger partial charge in [-0.2, -0.15) is 0 Å². The van der Waals surface area contributed by atoms with Crippen molar-refractivity contribution in [1.82, 2.24) is 19.7 Å². The lowest BCUT2D eigenvalue weighted by atomic mass is 9.88. The normalized spacial score (nSPS) is 15.9. The lowest BCUT2D eigenvalue weighted by molar-refractivity contribution is -0.121. The van der Waals surface area contributed by atoms with Crippen molar-refractivity contribution in [2.24, 2.45) is 11.8 Å². The molecule has 122 valence electrons. The van der Waals surface area contributed by atoms with E-state index in [1.54, 1.807) is 6.20 Å². The highest BCUT2D eigenvalue weighted by Crippen LogP contribution is 2.22. The van der Waals surface area contributed by atoms with E-state index in [0.29, 0.717) is 11.7 Å². The summed E-state index contributed by atoms with van der Waals surface area (Å²) < 4.78 is 1.89. The van der Waals surface area contributed by atoms with Gasteiger partial charge in [0.15, 0.2) is 0 Å². The van der Waals surface area contributed by atoms with Crippen LogP contribution in [0.4, 0.5) is 5.69 Å². The number of imidazole rings is 1. The summed E-state index contributed by atoms with van der Waals surface area (Å²) in [6.45, 7) is 3.84. The monoisotopic (exact) mass is 321 g/mol. The summed E-state index contributed by atoms with van der Waals surface area (Å²) in [7, 11) is 0. The average Bonchev–Trinajstić information content (AvgIpc) is 2.98. The number of carbonyl (C=O) groups is 1. The number of hydrogen-bond donors (Lipinski definition) is 2. The molecule has 1 atom stereocenters. The number of anilines is 1. The van der Waals surface area contributed by atoms with Crippen LogP contribution in [-0.4, -0.2) is 33.4 Å². The van der Waals surface area contributed by atoms with E-state index in [1.807, 2.05) is 54.0 Å². The van der Waals surface area contributed by atoms with Gasteiger partial charge in [-0.3, -0.25) is 9.20 Å². The molecule has 1 aliphatic rings. The maximum Gasteiger partial charge on any atom is 0.234 e. The number of aromatic nitrogens is 3. The number of hydrogen-bond acceptors (Lipinski definition) is 4. The molecule has 1 unspecified atom stereocenters. The number of nitrogens with one attached hydrogen (secondary N) is 2. The van der Waals surface area contributed by atoms with E-state index in [2.05, 4.69) is 20.6 Å². The SMILES string of the molecule is CC(C(=O)Nc1ccc(-c2cn3cccnc3n2)cc1)C1CNC1. The van der Waals surface area contributed by atoms with Gasteiger partial charge in [0.1, 0.15) is 0 Å². The van der Waals surface area contributed by atoms with Crippen molar-refractivity contribution in [1.29, 1.82) is 0 Å². The molecule has 0 spiro atoms. The van der Waals surface area contributed by atoms with Crippen LogP contribution < -0.4 is 10.6 Å². The molecule has 6 heteroatoms. The Morgan fingerprint density at radius 2 is 2.12 bits per heavy atom. The van der Waals surface area contributed by atoms with Crippen molar-refractivity contribution in [2.75, 3.05) is 18.4 Å². The minimum atomic E-state index is 0.0236. The number of benzene rings is 1. The molecule has 0 radical (unpaired) electrons. The van der Waals surface area contributed by atoms with E-state index in [4.69, 9.17) is 0 Å². The summed E-state index contributed by atoms with van der Waals surface area (Å²) in [5, 5.41) is 6.19. The second-order valence-electron chi connectivity index (χ2n) is 6.23. The Hall–Kier alpha value is -2.73. The third kappa shape index (κ3) is 2.76. The molecule has 6 nitrogen and oxygen atoms in total. The Morgan fingerprint density at radius 3 is 2.79 bits per heavy atom. The molecule has 4 rings (SSSR count). The Morgan fingerprint density at radius 1 is 1.33 bits per heavy atom. The number of carbonyl (C=O) groups excluding carboxylic acids is 1. The molecule has 3 heterocycles. The minimum Gasteiger partial charge on any atom is -0.326 e. The predicted octanol–water partition coefficient (Wildman–Crippen LogP) is 2.19. The van der Waals surface area contributed by atoms with Crippen LogP contribution in [0.25, 0.3) is 17.0 Å². The molecule has 2 aromatic heterocycles. The molecule has 1 saturated heterocycles. The van der Waals surface area contributed by atoms with E-state index in [-0.39, 0.29) is 11.8 Å². The standard InChI is InChI=1S/C18H19N5O/c1-12(14-9-19-10-14)17(24)21-15-5-3-13(4-6-15)16-11-23-8-2-7-20-18(23)22-16/h2-8,11-12,14,19H,9-10H2,1H3,(H,21,24). The fraction of sp³-hybridized carbons (Fsp3) is 0.278. The Bertz CT molecular complexity index is 834. The van der Waals surface area contributed by atoms with Crippen LogP contribution in [0.15, 0.2) is 48.9 Å². The van der Waals surface area contributed by atoms with E-state index >= 15 is 0 Å². The summed E-state index contributed by atoms with van der Waals surface area (Å²) in [6.07, 6.45) is 5.59. The van der Waals surface area contributed by atoms with Gasteiger partial charge in [0.25, 0.3) is 0 Å². The first-order valence-electron chi connectivity index (χ1n) is 8.12. The maximum atomic E-state index is 12.3. The topological polar surface area (TPSA) is 71.3 Å². The number of rotatable bonds is 4. The minimum absolute atomic E-state index is 0.0236. The zero-order valence-electron chi connectivity index (χ0n) is 13.4. The van der Waals surface area contributed by atoms with Crippen molar-refractivity contribution >= 4 is 17.4 Å². The molecule has 1 amide bonds. The first-order valence-corrected chi connectivity index (χ1v) is 8.12. The lowest BCUT2D eigenvalue weighted by Crippen LogP contribution is -2.48. The first-order chi connectivity index (χ1) is 11.7. The van der Waals surface area contributed by atoms with Crippen LogP contribution in [0.3, 0.4) is 0 Å². The summed E-state index contributed by atoms with van der Waals surface area (Å²) >= 11 is 0. The molecule has 1 fully saturated rings. The molecule has 24 heavy (non-hydrogen) atoms. The zero-order valence-corrected chi connectivity index (χ0v) is 13.4. The Labute approximate surface area is 139 Å².